The topological polar surface area (TPSA) is 59.0 Å². The monoisotopic (exact) mass is 357 g/mol. The van der Waals surface area contributed by atoms with E-state index in [1.165, 1.54) is 0 Å². The van der Waals surface area contributed by atoms with Crippen LogP contribution in [0.15, 0.2) is 28.7 Å². The van der Waals surface area contributed by atoms with Crippen LogP contribution in [0.3, 0.4) is 0 Å². The van der Waals surface area contributed by atoms with Crippen LogP contribution in [0.25, 0.3) is 6.08 Å². The van der Waals surface area contributed by atoms with E-state index in [4.69, 9.17) is 14.6 Å². The standard InChI is InChI=1S/C15H20BrNO4/c1-20-9-7-17(8-10-21-2)13-5-3-12(14(16)11-13)4-6-15(18)19/h3-6,11H,7-10H2,1-2H3,(H,18,19)/b6-4+. The Morgan fingerprint density at radius 3 is 2.38 bits per heavy atom. The summed E-state index contributed by atoms with van der Waals surface area (Å²) in [5.74, 6) is -0.965. The van der Waals surface area contributed by atoms with Gasteiger partial charge in [0.05, 0.1) is 13.2 Å². The SMILES string of the molecule is COCCN(CCOC)c1ccc(/C=C/C(=O)O)c(Br)c1. The van der Waals surface area contributed by atoms with Gasteiger partial charge >= 0.3 is 5.97 Å². The Morgan fingerprint density at radius 2 is 1.90 bits per heavy atom. The van der Waals surface area contributed by atoms with Crippen molar-refractivity contribution in [1.82, 2.24) is 0 Å². The second-order valence-electron chi connectivity index (χ2n) is 4.35. The van der Waals surface area contributed by atoms with Gasteiger partial charge < -0.3 is 19.5 Å². The zero-order valence-corrected chi connectivity index (χ0v) is 13.8. The van der Waals surface area contributed by atoms with E-state index in [1.54, 1.807) is 20.3 Å². The molecule has 0 aliphatic carbocycles. The zero-order valence-electron chi connectivity index (χ0n) is 12.2. The molecule has 0 atom stereocenters. The van der Waals surface area contributed by atoms with Crippen molar-refractivity contribution in [1.29, 1.82) is 0 Å². The first-order chi connectivity index (χ1) is 10.1. The molecule has 1 aromatic rings. The molecule has 0 bridgehead atoms. The number of hydrogen-bond donors (Lipinski definition) is 1. The van der Waals surface area contributed by atoms with Gasteiger partial charge in [0.1, 0.15) is 0 Å². The number of ether oxygens (including phenoxy) is 2. The zero-order chi connectivity index (χ0) is 15.7. The Labute approximate surface area is 133 Å². The highest BCUT2D eigenvalue weighted by Gasteiger charge is 2.08. The van der Waals surface area contributed by atoms with Crippen molar-refractivity contribution in [3.63, 3.8) is 0 Å². The maximum absolute atomic E-state index is 10.6. The number of benzene rings is 1. The van der Waals surface area contributed by atoms with Crippen LogP contribution in [-0.2, 0) is 14.3 Å². The van der Waals surface area contributed by atoms with Gasteiger partial charge in [0.15, 0.2) is 0 Å². The van der Waals surface area contributed by atoms with Crippen molar-refractivity contribution in [2.45, 2.75) is 0 Å². The van der Waals surface area contributed by atoms with E-state index >= 15 is 0 Å². The van der Waals surface area contributed by atoms with E-state index in [2.05, 4.69) is 20.8 Å². The van der Waals surface area contributed by atoms with Crippen LogP contribution >= 0.6 is 15.9 Å². The number of aliphatic carboxylic acids is 1. The first kappa shape index (κ1) is 17.7. The third-order valence-electron chi connectivity index (χ3n) is 2.89. The molecule has 0 unspecified atom stereocenters. The Balaban J connectivity index is 2.88. The molecule has 5 nitrogen and oxygen atoms in total. The highest BCUT2D eigenvalue weighted by Crippen LogP contribution is 2.25. The fourth-order valence-electron chi connectivity index (χ4n) is 1.78. The Morgan fingerprint density at radius 1 is 1.29 bits per heavy atom. The number of carboxylic acids is 1. The molecular weight excluding hydrogens is 338 g/mol. The molecule has 0 aliphatic heterocycles. The number of hydrogen-bond acceptors (Lipinski definition) is 4. The van der Waals surface area contributed by atoms with E-state index < -0.39 is 5.97 Å². The van der Waals surface area contributed by atoms with Crippen LogP contribution in [0.1, 0.15) is 5.56 Å². The normalized spacial score (nSPS) is 11.0. The lowest BCUT2D eigenvalue weighted by atomic mass is 10.2. The predicted molar refractivity (Wildman–Crippen MR) is 86.8 cm³/mol. The van der Waals surface area contributed by atoms with Crippen molar-refractivity contribution < 1.29 is 19.4 Å². The van der Waals surface area contributed by atoms with Crippen LogP contribution in [0, 0.1) is 0 Å². The molecule has 1 rings (SSSR count). The van der Waals surface area contributed by atoms with E-state index in [-0.39, 0.29) is 0 Å². The quantitative estimate of drug-likeness (QED) is 0.688. The summed E-state index contributed by atoms with van der Waals surface area (Å²) in [5, 5.41) is 8.66. The van der Waals surface area contributed by atoms with Crippen molar-refractivity contribution in [2.75, 3.05) is 45.4 Å². The van der Waals surface area contributed by atoms with Gasteiger partial charge in [0.2, 0.25) is 0 Å². The van der Waals surface area contributed by atoms with Gasteiger partial charge in [-0.25, -0.2) is 4.79 Å². The minimum absolute atomic E-state index is 0.627. The molecule has 0 radical (unpaired) electrons. The van der Waals surface area contributed by atoms with Crippen molar-refractivity contribution >= 4 is 33.7 Å². The summed E-state index contributed by atoms with van der Waals surface area (Å²) in [7, 11) is 3.34. The molecule has 21 heavy (non-hydrogen) atoms. The second-order valence-corrected chi connectivity index (χ2v) is 5.20. The molecule has 0 saturated carbocycles. The predicted octanol–water partition coefficient (Wildman–Crippen LogP) is 2.65. The summed E-state index contributed by atoms with van der Waals surface area (Å²) >= 11 is 3.47. The largest absolute Gasteiger partial charge is 0.478 e. The molecule has 0 aromatic heterocycles. The van der Waals surface area contributed by atoms with Crippen molar-refractivity contribution in [3.05, 3.63) is 34.3 Å². The molecule has 0 aliphatic rings. The number of carbonyl (C=O) groups is 1. The van der Waals surface area contributed by atoms with Gasteiger partial charge in [-0.2, -0.15) is 0 Å². The van der Waals surface area contributed by atoms with Crippen LogP contribution < -0.4 is 4.90 Å². The Bertz CT molecular complexity index is 483. The van der Waals surface area contributed by atoms with Gasteiger partial charge in [-0.05, 0) is 23.8 Å². The maximum atomic E-state index is 10.6. The Hall–Kier alpha value is -1.37. The molecule has 0 fully saturated rings. The number of rotatable bonds is 9. The highest BCUT2D eigenvalue weighted by molar-refractivity contribution is 9.10. The lowest BCUT2D eigenvalue weighted by Crippen LogP contribution is -2.30. The molecule has 0 saturated heterocycles. The number of methoxy groups -OCH3 is 2. The highest BCUT2D eigenvalue weighted by atomic mass is 79.9. The first-order valence-corrected chi connectivity index (χ1v) is 7.31. The number of halogens is 1. The number of anilines is 1. The molecule has 1 N–H and O–H groups in total. The van der Waals surface area contributed by atoms with Gasteiger partial charge in [-0.3, -0.25) is 0 Å². The van der Waals surface area contributed by atoms with Gasteiger partial charge in [-0.1, -0.05) is 22.0 Å². The van der Waals surface area contributed by atoms with Crippen LogP contribution in [0.2, 0.25) is 0 Å². The number of carboxylic acid groups (broad SMARTS) is 1. The van der Waals surface area contributed by atoms with E-state index in [0.29, 0.717) is 13.2 Å². The first-order valence-electron chi connectivity index (χ1n) is 6.52. The Kier molecular flexibility index (Phi) is 8.04. The molecule has 1 aromatic carbocycles. The summed E-state index contributed by atoms with van der Waals surface area (Å²) in [6.07, 6.45) is 2.68. The van der Waals surface area contributed by atoms with E-state index in [1.807, 2.05) is 18.2 Å². The molecular formula is C15H20BrNO4. The average molecular weight is 358 g/mol. The lowest BCUT2D eigenvalue weighted by Gasteiger charge is -2.24. The van der Waals surface area contributed by atoms with Crippen molar-refractivity contribution in [3.8, 4) is 0 Å². The maximum Gasteiger partial charge on any atom is 0.328 e. The fourth-order valence-corrected chi connectivity index (χ4v) is 2.28. The average Bonchev–Trinajstić information content (AvgIpc) is 2.46. The van der Waals surface area contributed by atoms with Gasteiger partial charge in [-0.15, -0.1) is 0 Å². The van der Waals surface area contributed by atoms with E-state index in [9.17, 15) is 4.79 Å². The van der Waals surface area contributed by atoms with Crippen LogP contribution in [0.5, 0.6) is 0 Å². The minimum atomic E-state index is -0.965. The third-order valence-corrected chi connectivity index (χ3v) is 3.57. The lowest BCUT2D eigenvalue weighted by molar-refractivity contribution is -0.131. The summed E-state index contributed by atoms with van der Waals surface area (Å²) < 4.78 is 11.1. The minimum Gasteiger partial charge on any atom is -0.478 e. The van der Waals surface area contributed by atoms with E-state index in [0.717, 1.165) is 34.9 Å². The smallest absolute Gasteiger partial charge is 0.328 e. The second kappa shape index (κ2) is 9.55. The molecule has 0 heterocycles. The van der Waals surface area contributed by atoms with Gasteiger partial charge in [0, 0.05) is 43.5 Å². The number of nitrogens with zero attached hydrogens (tertiary/aromatic N) is 1. The fraction of sp³-hybridized carbons (Fsp3) is 0.400. The summed E-state index contributed by atoms with van der Waals surface area (Å²) in [5.41, 5.74) is 1.85. The van der Waals surface area contributed by atoms with Gasteiger partial charge in [0.25, 0.3) is 0 Å². The summed E-state index contributed by atoms with van der Waals surface area (Å²) in [6.45, 7) is 2.78. The summed E-state index contributed by atoms with van der Waals surface area (Å²) in [4.78, 5) is 12.7. The van der Waals surface area contributed by atoms with Crippen molar-refractivity contribution in [2.24, 2.45) is 0 Å². The third kappa shape index (κ3) is 6.29. The molecule has 0 spiro atoms. The van der Waals surface area contributed by atoms with Crippen LogP contribution in [0.4, 0.5) is 5.69 Å². The van der Waals surface area contributed by atoms with Crippen LogP contribution in [-0.4, -0.2) is 51.6 Å². The molecule has 6 heteroatoms. The molecule has 116 valence electrons. The summed E-state index contributed by atoms with van der Waals surface area (Å²) in [6, 6.07) is 5.80. The molecule has 0 amide bonds.